The van der Waals surface area contributed by atoms with Gasteiger partial charge in [0.05, 0.1) is 17.7 Å². The normalized spacial score (nSPS) is 10.1. The second kappa shape index (κ2) is 11.1. The summed E-state index contributed by atoms with van der Waals surface area (Å²) in [5.74, 6) is -0.265. The van der Waals surface area contributed by atoms with Crippen LogP contribution in [0.5, 0.6) is 11.5 Å². The maximum Gasteiger partial charge on any atom is 0.273 e. The van der Waals surface area contributed by atoms with Crippen LogP contribution in [0.3, 0.4) is 0 Å². The number of ether oxygens (including phenoxy) is 3. The number of hydrazine groups is 1. The molecule has 28 heavy (non-hydrogen) atoms. The molecule has 0 aliphatic rings. The second-order valence-electron chi connectivity index (χ2n) is 5.49. The molecule has 0 radical (unpaired) electrons. The molecule has 0 aliphatic heterocycles. The fourth-order valence-corrected chi connectivity index (χ4v) is 2.58. The summed E-state index contributed by atoms with van der Waals surface area (Å²) >= 11 is 3.32. The monoisotopic (exact) mass is 448 g/mol. The predicted molar refractivity (Wildman–Crippen MR) is 109 cm³/mol. The lowest BCUT2D eigenvalue weighted by Gasteiger charge is -2.14. The van der Waals surface area contributed by atoms with Gasteiger partial charge in [-0.15, -0.1) is 0 Å². The first-order chi connectivity index (χ1) is 13.6. The highest BCUT2D eigenvalue weighted by Gasteiger charge is 2.16. The number of amides is 2. The molecule has 0 saturated carbocycles. The van der Waals surface area contributed by atoms with E-state index in [2.05, 4.69) is 33.4 Å². The molecule has 0 aromatic heterocycles. The Hall–Kier alpha value is -2.84. The highest BCUT2D eigenvalue weighted by molar-refractivity contribution is 9.10. The van der Waals surface area contributed by atoms with E-state index in [4.69, 9.17) is 14.2 Å². The smallest absolute Gasteiger partial charge is 0.273 e. The zero-order valence-corrected chi connectivity index (χ0v) is 17.0. The van der Waals surface area contributed by atoms with Gasteiger partial charge in [-0.3, -0.25) is 20.4 Å². The minimum atomic E-state index is -0.522. The van der Waals surface area contributed by atoms with Crippen LogP contribution in [0.4, 0.5) is 0 Å². The summed E-state index contributed by atoms with van der Waals surface area (Å²) in [6, 6.07) is 11.7. The number of rotatable bonds is 9. The fraction of sp³-hybridized carbons (Fsp3) is 0.200. The van der Waals surface area contributed by atoms with Crippen molar-refractivity contribution in [1.82, 2.24) is 10.9 Å². The molecule has 0 fully saturated rings. The number of hydrogen-bond donors (Lipinski definition) is 2. The number of methoxy groups -OCH3 is 1. The summed E-state index contributed by atoms with van der Waals surface area (Å²) in [5.41, 5.74) is 5.33. The molecule has 2 amide bonds. The molecule has 148 valence electrons. The van der Waals surface area contributed by atoms with Crippen LogP contribution >= 0.6 is 15.9 Å². The summed E-state index contributed by atoms with van der Waals surface area (Å²) < 4.78 is 16.7. The van der Waals surface area contributed by atoms with E-state index in [1.54, 1.807) is 55.7 Å². The molecule has 0 heterocycles. The Morgan fingerprint density at radius 1 is 1.00 bits per heavy atom. The van der Waals surface area contributed by atoms with Gasteiger partial charge >= 0.3 is 0 Å². The van der Waals surface area contributed by atoms with Crippen LogP contribution in [-0.2, 0) is 4.74 Å². The van der Waals surface area contributed by atoms with Gasteiger partial charge in [-0.2, -0.15) is 0 Å². The molecule has 2 aromatic carbocycles. The lowest BCUT2D eigenvalue weighted by molar-refractivity contribution is 0.0840. The summed E-state index contributed by atoms with van der Waals surface area (Å²) in [5, 5.41) is 0. The number of carbonyl (C=O) groups is 2. The molecular weight excluding hydrogens is 428 g/mol. The molecule has 2 aromatic rings. The third-order valence-corrected chi connectivity index (χ3v) is 4.00. The van der Waals surface area contributed by atoms with Gasteiger partial charge in [0.25, 0.3) is 11.8 Å². The van der Waals surface area contributed by atoms with Gasteiger partial charge in [0.1, 0.15) is 24.7 Å². The van der Waals surface area contributed by atoms with Crippen LogP contribution in [0.25, 0.3) is 0 Å². The van der Waals surface area contributed by atoms with Crippen molar-refractivity contribution >= 4 is 27.7 Å². The van der Waals surface area contributed by atoms with Crippen LogP contribution in [0, 0.1) is 0 Å². The molecule has 0 aliphatic carbocycles. The molecular formula is C20H21BrN2O5. The number of nitrogens with one attached hydrogen (secondary N) is 2. The number of benzene rings is 2. The van der Waals surface area contributed by atoms with E-state index >= 15 is 0 Å². The standard InChI is InChI=1S/C20H21BrN2O5/c1-3-10-27-17-7-5-4-6-15(17)19(24)22-23-20(25)16-13-14(21)8-9-18(16)28-12-11-26-2/h3-9,13H,1,10-12H2,2H3,(H,22,24)(H,23,25). The van der Waals surface area contributed by atoms with E-state index < -0.39 is 11.8 Å². The van der Waals surface area contributed by atoms with Crippen LogP contribution < -0.4 is 20.3 Å². The number of halogens is 1. The van der Waals surface area contributed by atoms with Gasteiger partial charge in [0.15, 0.2) is 0 Å². The number of carbonyl (C=O) groups excluding carboxylic acids is 2. The molecule has 2 rings (SSSR count). The first-order valence-corrected chi connectivity index (χ1v) is 9.20. The van der Waals surface area contributed by atoms with Crippen LogP contribution in [-0.4, -0.2) is 38.7 Å². The van der Waals surface area contributed by atoms with Crippen molar-refractivity contribution in [2.45, 2.75) is 0 Å². The summed E-state index contributed by atoms with van der Waals surface area (Å²) in [4.78, 5) is 25.0. The number of hydrogen-bond acceptors (Lipinski definition) is 5. The minimum Gasteiger partial charge on any atom is -0.490 e. The van der Waals surface area contributed by atoms with Gasteiger partial charge in [0.2, 0.25) is 0 Å². The van der Waals surface area contributed by atoms with E-state index in [0.29, 0.717) is 29.2 Å². The molecule has 0 saturated heterocycles. The van der Waals surface area contributed by atoms with Gasteiger partial charge in [0, 0.05) is 11.6 Å². The SMILES string of the molecule is C=CCOc1ccccc1C(=O)NNC(=O)c1cc(Br)ccc1OCCOC. The molecule has 0 atom stereocenters. The van der Waals surface area contributed by atoms with Gasteiger partial charge in [-0.05, 0) is 30.3 Å². The van der Waals surface area contributed by atoms with E-state index in [1.807, 2.05) is 0 Å². The Morgan fingerprint density at radius 3 is 2.39 bits per heavy atom. The molecule has 7 nitrogen and oxygen atoms in total. The maximum atomic E-state index is 12.5. The van der Waals surface area contributed by atoms with Crippen molar-refractivity contribution in [2.75, 3.05) is 26.9 Å². The molecule has 0 bridgehead atoms. The Bertz CT molecular complexity index is 841. The third kappa shape index (κ3) is 6.11. The lowest BCUT2D eigenvalue weighted by atomic mass is 10.2. The highest BCUT2D eigenvalue weighted by Crippen LogP contribution is 2.23. The average molecular weight is 449 g/mol. The van der Waals surface area contributed by atoms with Gasteiger partial charge < -0.3 is 14.2 Å². The fourth-order valence-electron chi connectivity index (χ4n) is 2.22. The Balaban J connectivity index is 2.07. The van der Waals surface area contributed by atoms with Crippen LogP contribution in [0.2, 0.25) is 0 Å². The van der Waals surface area contributed by atoms with Crippen molar-refractivity contribution in [3.05, 3.63) is 70.7 Å². The van der Waals surface area contributed by atoms with Crippen LogP contribution in [0.1, 0.15) is 20.7 Å². The summed E-state index contributed by atoms with van der Waals surface area (Å²) in [6.45, 7) is 4.51. The van der Waals surface area contributed by atoms with Crippen molar-refractivity contribution < 1.29 is 23.8 Å². The first-order valence-electron chi connectivity index (χ1n) is 8.41. The van der Waals surface area contributed by atoms with Crippen molar-refractivity contribution in [3.63, 3.8) is 0 Å². The van der Waals surface area contributed by atoms with Crippen molar-refractivity contribution in [2.24, 2.45) is 0 Å². The molecule has 0 unspecified atom stereocenters. The molecule has 8 heteroatoms. The Labute approximate surface area is 171 Å². The van der Waals surface area contributed by atoms with E-state index in [-0.39, 0.29) is 17.7 Å². The topological polar surface area (TPSA) is 85.9 Å². The number of para-hydroxylation sites is 1. The van der Waals surface area contributed by atoms with Crippen molar-refractivity contribution in [3.8, 4) is 11.5 Å². The van der Waals surface area contributed by atoms with E-state index in [0.717, 1.165) is 0 Å². The Morgan fingerprint density at radius 2 is 1.68 bits per heavy atom. The van der Waals surface area contributed by atoms with Gasteiger partial charge in [-0.1, -0.05) is 40.7 Å². The van der Waals surface area contributed by atoms with E-state index in [1.165, 1.54) is 0 Å². The molecule has 2 N–H and O–H groups in total. The second-order valence-corrected chi connectivity index (χ2v) is 6.40. The van der Waals surface area contributed by atoms with Crippen LogP contribution in [0.15, 0.2) is 59.6 Å². The predicted octanol–water partition coefficient (Wildman–Crippen LogP) is 3.11. The van der Waals surface area contributed by atoms with E-state index in [9.17, 15) is 9.59 Å². The third-order valence-electron chi connectivity index (χ3n) is 3.51. The van der Waals surface area contributed by atoms with Gasteiger partial charge in [-0.25, -0.2) is 0 Å². The maximum absolute atomic E-state index is 12.5. The zero-order valence-electron chi connectivity index (χ0n) is 15.4. The quantitative estimate of drug-likeness (QED) is 0.349. The van der Waals surface area contributed by atoms with Crippen molar-refractivity contribution in [1.29, 1.82) is 0 Å². The summed E-state index contributed by atoms with van der Waals surface area (Å²) in [6.07, 6.45) is 1.58. The summed E-state index contributed by atoms with van der Waals surface area (Å²) in [7, 11) is 1.56. The molecule has 0 spiro atoms. The highest BCUT2D eigenvalue weighted by atomic mass is 79.9. The Kier molecular flexibility index (Phi) is 8.51. The minimum absolute atomic E-state index is 0.261. The first kappa shape index (κ1) is 21.5. The largest absolute Gasteiger partial charge is 0.490 e. The zero-order chi connectivity index (χ0) is 20.4. The average Bonchev–Trinajstić information content (AvgIpc) is 2.71. The lowest BCUT2D eigenvalue weighted by Crippen LogP contribution is -2.42.